The normalized spacial score (nSPS) is 9.83. The van der Waals surface area contributed by atoms with Crippen LogP contribution in [0.3, 0.4) is 0 Å². The molecule has 2 rings (SSSR count). The van der Waals surface area contributed by atoms with Gasteiger partial charge in [0.1, 0.15) is 12.1 Å². The van der Waals surface area contributed by atoms with Gasteiger partial charge in [-0.25, -0.2) is 9.97 Å². The van der Waals surface area contributed by atoms with E-state index < -0.39 is 0 Å². The summed E-state index contributed by atoms with van der Waals surface area (Å²) in [7, 11) is 1.62. The summed E-state index contributed by atoms with van der Waals surface area (Å²) >= 11 is 0. The van der Waals surface area contributed by atoms with Gasteiger partial charge in [-0.3, -0.25) is 4.79 Å². The number of benzene rings is 1. The zero-order valence-electron chi connectivity index (χ0n) is 9.96. The second kappa shape index (κ2) is 5.77. The van der Waals surface area contributed by atoms with E-state index in [1.165, 1.54) is 18.7 Å². The van der Waals surface area contributed by atoms with Crippen LogP contribution >= 0.6 is 0 Å². The van der Waals surface area contributed by atoms with E-state index in [-0.39, 0.29) is 5.91 Å². The first-order chi connectivity index (χ1) is 8.79. The molecule has 1 aromatic heterocycles. The van der Waals surface area contributed by atoms with Gasteiger partial charge < -0.3 is 10.1 Å². The van der Waals surface area contributed by atoms with Gasteiger partial charge in [0.15, 0.2) is 0 Å². The van der Waals surface area contributed by atoms with Crippen molar-refractivity contribution in [2.45, 2.75) is 6.54 Å². The first-order valence-corrected chi connectivity index (χ1v) is 5.46. The smallest absolute Gasteiger partial charge is 0.254 e. The maximum Gasteiger partial charge on any atom is 0.254 e. The van der Waals surface area contributed by atoms with Crippen molar-refractivity contribution < 1.29 is 9.53 Å². The highest BCUT2D eigenvalue weighted by Gasteiger charge is 2.04. The van der Waals surface area contributed by atoms with E-state index in [1.54, 1.807) is 7.11 Å². The lowest BCUT2D eigenvalue weighted by atomic mass is 10.2. The van der Waals surface area contributed by atoms with E-state index >= 15 is 0 Å². The van der Waals surface area contributed by atoms with Crippen molar-refractivity contribution in [1.82, 2.24) is 15.3 Å². The molecule has 0 aliphatic heterocycles. The Bertz CT molecular complexity index is 512. The Morgan fingerprint density at radius 1 is 1.22 bits per heavy atom. The van der Waals surface area contributed by atoms with E-state index in [2.05, 4.69) is 15.3 Å². The van der Waals surface area contributed by atoms with Crippen LogP contribution in [0, 0.1) is 0 Å². The van der Waals surface area contributed by atoms with E-state index in [4.69, 9.17) is 4.74 Å². The molecule has 5 nitrogen and oxygen atoms in total. The maximum atomic E-state index is 11.7. The van der Waals surface area contributed by atoms with Crippen LogP contribution in [0.5, 0.6) is 5.75 Å². The van der Waals surface area contributed by atoms with Crippen LogP contribution < -0.4 is 10.1 Å². The number of aromatic nitrogens is 2. The Kier molecular flexibility index (Phi) is 3.86. The Morgan fingerprint density at radius 2 is 1.89 bits per heavy atom. The molecule has 1 heterocycles. The van der Waals surface area contributed by atoms with Crippen LogP contribution in [0.1, 0.15) is 15.9 Å². The summed E-state index contributed by atoms with van der Waals surface area (Å²) in [6, 6.07) is 7.52. The van der Waals surface area contributed by atoms with Crippen molar-refractivity contribution in [2.75, 3.05) is 7.11 Å². The second-order valence-electron chi connectivity index (χ2n) is 3.66. The maximum absolute atomic E-state index is 11.7. The lowest BCUT2D eigenvalue weighted by molar-refractivity contribution is 0.0950. The topological polar surface area (TPSA) is 64.1 Å². The van der Waals surface area contributed by atoms with Crippen LogP contribution in [0.4, 0.5) is 0 Å². The average Bonchev–Trinajstić information content (AvgIpc) is 2.46. The second-order valence-corrected chi connectivity index (χ2v) is 3.66. The molecular weight excluding hydrogens is 230 g/mol. The van der Waals surface area contributed by atoms with E-state index in [1.807, 2.05) is 24.3 Å². The highest BCUT2D eigenvalue weighted by molar-refractivity contribution is 5.93. The van der Waals surface area contributed by atoms with Gasteiger partial charge in [-0.2, -0.15) is 0 Å². The number of hydrogen-bond donors (Lipinski definition) is 1. The van der Waals surface area contributed by atoms with Crippen LogP contribution in [0.25, 0.3) is 0 Å². The number of nitrogens with zero attached hydrogens (tertiary/aromatic N) is 2. The molecular formula is C13H13N3O2. The molecule has 2 aromatic rings. The van der Waals surface area contributed by atoms with E-state index in [0.29, 0.717) is 12.1 Å². The molecule has 0 saturated heterocycles. The SMILES string of the molecule is COc1ccc(CNC(=O)c2cncnc2)cc1. The summed E-state index contributed by atoms with van der Waals surface area (Å²) < 4.78 is 5.06. The number of carbonyl (C=O) groups excluding carboxylic acids is 1. The molecule has 0 fully saturated rings. The third kappa shape index (κ3) is 3.04. The fraction of sp³-hybridized carbons (Fsp3) is 0.154. The fourth-order valence-corrected chi connectivity index (χ4v) is 1.44. The quantitative estimate of drug-likeness (QED) is 0.882. The Labute approximate surface area is 105 Å². The summed E-state index contributed by atoms with van der Waals surface area (Å²) in [5.74, 6) is 0.605. The van der Waals surface area contributed by atoms with Crippen molar-refractivity contribution >= 4 is 5.91 Å². The molecule has 5 heteroatoms. The minimum atomic E-state index is -0.189. The summed E-state index contributed by atoms with van der Waals surface area (Å²) in [5, 5.41) is 2.79. The molecule has 1 N–H and O–H groups in total. The average molecular weight is 243 g/mol. The Balaban J connectivity index is 1.93. The van der Waals surface area contributed by atoms with E-state index in [9.17, 15) is 4.79 Å². The number of methoxy groups -OCH3 is 1. The third-order valence-electron chi connectivity index (χ3n) is 2.43. The van der Waals surface area contributed by atoms with Crippen molar-refractivity contribution in [3.8, 4) is 5.75 Å². The van der Waals surface area contributed by atoms with Gasteiger partial charge in [0.05, 0.1) is 12.7 Å². The molecule has 0 bridgehead atoms. The van der Waals surface area contributed by atoms with Gasteiger partial charge in [0.25, 0.3) is 5.91 Å². The zero-order valence-corrected chi connectivity index (χ0v) is 9.96. The van der Waals surface area contributed by atoms with Gasteiger partial charge in [-0.1, -0.05) is 12.1 Å². The molecule has 0 spiro atoms. The van der Waals surface area contributed by atoms with Crippen molar-refractivity contribution in [2.24, 2.45) is 0 Å². The van der Waals surface area contributed by atoms with Gasteiger partial charge in [-0.05, 0) is 17.7 Å². The van der Waals surface area contributed by atoms with Crippen LogP contribution in [-0.4, -0.2) is 23.0 Å². The molecule has 0 unspecified atom stereocenters. The van der Waals surface area contributed by atoms with Gasteiger partial charge in [-0.15, -0.1) is 0 Å². The first kappa shape index (κ1) is 12.0. The fourth-order valence-electron chi connectivity index (χ4n) is 1.44. The molecule has 1 amide bonds. The minimum Gasteiger partial charge on any atom is -0.497 e. The molecule has 1 aromatic carbocycles. The van der Waals surface area contributed by atoms with Crippen LogP contribution in [-0.2, 0) is 6.54 Å². The largest absolute Gasteiger partial charge is 0.497 e. The number of ether oxygens (including phenoxy) is 1. The summed E-state index contributed by atoms with van der Waals surface area (Å²) in [6.07, 6.45) is 4.35. The van der Waals surface area contributed by atoms with Gasteiger partial charge in [0.2, 0.25) is 0 Å². The predicted molar refractivity (Wildman–Crippen MR) is 66.2 cm³/mol. The van der Waals surface area contributed by atoms with E-state index in [0.717, 1.165) is 11.3 Å². The number of amides is 1. The van der Waals surface area contributed by atoms with Crippen LogP contribution in [0.2, 0.25) is 0 Å². The van der Waals surface area contributed by atoms with Crippen molar-refractivity contribution in [3.63, 3.8) is 0 Å². The summed E-state index contributed by atoms with van der Waals surface area (Å²) in [4.78, 5) is 19.3. The van der Waals surface area contributed by atoms with Gasteiger partial charge in [0, 0.05) is 18.9 Å². The highest BCUT2D eigenvalue weighted by atomic mass is 16.5. The van der Waals surface area contributed by atoms with Gasteiger partial charge >= 0.3 is 0 Å². The van der Waals surface area contributed by atoms with Crippen molar-refractivity contribution in [3.05, 3.63) is 54.1 Å². The minimum absolute atomic E-state index is 0.189. The molecule has 0 aliphatic carbocycles. The zero-order chi connectivity index (χ0) is 12.8. The number of carbonyl (C=O) groups is 1. The first-order valence-electron chi connectivity index (χ1n) is 5.46. The molecule has 0 atom stereocenters. The lowest BCUT2D eigenvalue weighted by Gasteiger charge is -2.05. The monoisotopic (exact) mass is 243 g/mol. The van der Waals surface area contributed by atoms with Crippen molar-refractivity contribution in [1.29, 1.82) is 0 Å². The molecule has 92 valence electrons. The summed E-state index contributed by atoms with van der Waals surface area (Å²) in [6.45, 7) is 0.456. The lowest BCUT2D eigenvalue weighted by Crippen LogP contribution is -2.22. The molecule has 0 saturated carbocycles. The predicted octanol–water partition coefficient (Wildman–Crippen LogP) is 1.42. The third-order valence-corrected chi connectivity index (χ3v) is 2.43. The number of rotatable bonds is 4. The Morgan fingerprint density at radius 3 is 2.50 bits per heavy atom. The Hall–Kier alpha value is -2.43. The molecule has 0 radical (unpaired) electrons. The molecule has 18 heavy (non-hydrogen) atoms. The number of nitrogens with one attached hydrogen (secondary N) is 1. The molecule has 0 aliphatic rings. The van der Waals surface area contributed by atoms with Crippen LogP contribution in [0.15, 0.2) is 43.0 Å². The standard InChI is InChI=1S/C13H13N3O2/c1-18-12-4-2-10(3-5-12)6-16-13(17)11-7-14-9-15-8-11/h2-5,7-9H,6H2,1H3,(H,16,17). The number of hydrogen-bond acceptors (Lipinski definition) is 4. The highest BCUT2D eigenvalue weighted by Crippen LogP contribution is 2.11. The summed E-state index contributed by atoms with van der Waals surface area (Å²) in [5.41, 5.74) is 1.45.